The molecule has 0 fully saturated rings. The van der Waals surface area contributed by atoms with Crippen molar-refractivity contribution in [1.29, 1.82) is 0 Å². The third-order valence-electron chi connectivity index (χ3n) is 4.86. The van der Waals surface area contributed by atoms with Gasteiger partial charge in [0.05, 0.1) is 24.1 Å². The number of rotatable bonds is 7. The van der Waals surface area contributed by atoms with Crippen LogP contribution in [0.1, 0.15) is 35.7 Å². The van der Waals surface area contributed by atoms with E-state index in [0.29, 0.717) is 28.7 Å². The number of ketones is 1. The van der Waals surface area contributed by atoms with Gasteiger partial charge in [-0.2, -0.15) is 0 Å². The van der Waals surface area contributed by atoms with Crippen LogP contribution < -0.4 is 9.64 Å². The van der Waals surface area contributed by atoms with Crippen LogP contribution in [0.2, 0.25) is 0 Å². The number of aliphatic hydroxyl groups is 1. The summed E-state index contributed by atoms with van der Waals surface area (Å²) in [6.45, 7) is 2.31. The third-order valence-corrected chi connectivity index (χ3v) is 5.35. The lowest BCUT2D eigenvalue weighted by Gasteiger charge is -2.22. The molecule has 0 aliphatic carbocycles. The van der Waals surface area contributed by atoms with Crippen LogP contribution in [-0.2, 0) is 10.4 Å². The minimum Gasteiger partial charge on any atom is -0.490 e. The maximum absolute atomic E-state index is 13.0. The van der Waals surface area contributed by atoms with Gasteiger partial charge in [-0.3, -0.25) is 19.7 Å². The van der Waals surface area contributed by atoms with Crippen molar-refractivity contribution in [3.63, 3.8) is 0 Å². The SMILES string of the molecule is CCCN1C(=O)[C@](O)(CC(=O)c2ccc(OC)c([N+](=O)[O-])c2)c2cc(Br)ccc21. The molecule has 152 valence electrons. The summed E-state index contributed by atoms with van der Waals surface area (Å²) in [5, 5.41) is 22.5. The van der Waals surface area contributed by atoms with Crippen molar-refractivity contribution in [2.75, 3.05) is 18.6 Å². The zero-order valence-electron chi connectivity index (χ0n) is 15.8. The number of methoxy groups -OCH3 is 1. The number of hydrogen-bond donors (Lipinski definition) is 1. The Bertz CT molecular complexity index is 1010. The molecule has 0 radical (unpaired) electrons. The van der Waals surface area contributed by atoms with E-state index in [1.807, 2.05) is 6.92 Å². The number of carbonyl (C=O) groups excluding carboxylic acids is 2. The van der Waals surface area contributed by atoms with Crippen LogP contribution in [0, 0.1) is 10.1 Å². The van der Waals surface area contributed by atoms with Gasteiger partial charge in [0.25, 0.3) is 5.91 Å². The Hall–Kier alpha value is -2.78. The van der Waals surface area contributed by atoms with E-state index >= 15 is 0 Å². The van der Waals surface area contributed by atoms with Crippen molar-refractivity contribution < 1.29 is 24.4 Å². The number of Topliss-reactive ketones (excluding diaryl/α,β-unsaturated/α-hetero) is 1. The number of nitro benzene ring substituents is 1. The Balaban J connectivity index is 2.00. The summed E-state index contributed by atoms with van der Waals surface area (Å²) in [6, 6.07) is 8.88. The highest BCUT2D eigenvalue weighted by Crippen LogP contribution is 2.44. The lowest BCUT2D eigenvalue weighted by Crippen LogP contribution is -2.42. The zero-order valence-corrected chi connectivity index (χ0v) is 17.4. The number of ether oxygens (including phenoxy) is 1. The molecular formula is C20H19BrN2O6. The quantitative estimate of drug-likeness (QED) is 0.382. The van der Waals surface area contributed by atoms with Gasteiger partial charge in [-0.25, -0.2) is 0 Å². The summed E-state index contributed by atoms with van der Waals surface area (Å²) in [6.07, 6.45) is 0.148. The van der Waals surface area contributed by atoms with Gasteiger partial charge in [-0.1, -0.05) is 22.9 Å². The first-order chi connectivity index (χ1) is 13.7. The van der Waals surface area contributed by atoms with Gasteiger partial charge in [0.1, 0.15) is 0 Å². The maximum atomic E-state index is 13.0. The molecule has 29 heavy (non-hydrogen) atoms. The van der Waals surface area contributed by atoms with Crippen LogP contribution >= 0.6 is 15.9 Å². The van der Waals surface area contributed by atoms with Crippen molar-refractivity contribution in [1.82, 2.24) is 0 Å². The zero-order chi connectivity index (χ0) is 21.3. The second-order valence-electron chi connectivity index (χ2n) is 6.72. The van der Waals surface area contributed by atoms with Crippen LogP contribution in [0.15, 0.2) is 40.9 Å². The number of fused-ring (bicyclic) bond motifs is 1. The van der Waals surface area contributed by atoms with Gasteiger partial charge < -0.3 is 14.7 Å². The number of nitrogens with zero attached hydrogens (tertiary/aromatic N) is 2. The van der Waals surface area contributed by atoms with Crippen LogP contribution in [0.25, 0.3) is 0 Å². The molecule has 2 aromatic rings. The molecule has 0 saturated carbocycles. The molecule has 9 heteroatoms. The standard InChI is InChI=1S/C20H19BrN2O6/c1-3-8-22-15-6-5-13(21)10-14(15)20(26,19(22)25)11-17(24)12-4-7-18(29-2)16(9-12)23(27)28/h4-7,9-10,26H,3,8,11H2,1-2H3/t20-/m0/s1. The van der Waals surface area contributed by atoms with Gasteiger partial charge in [0, 0.05) is 28.2 Å². The van der Waals surface area contributed by atoms with E-state index in [-0.39, 0.29) is 17.0 Å². The van der Waals surface area contributed by atoms with Crippen molar-refractivity contribution >= 4 is 39.0 Å². The van der Waals surface area contributed by atoms with Gasteiger partial charge in [0.2, 0.25) is 0 Å². The second-order valence-corrected chi connectivity index (χ2v) is 7.64. The summed E-state index contributed by atoms with van der Waals surface area (Å²) in [7, 11) is 1.29. The fourth-order valence-electron chi connectivity index (χ4n) is 3.48. The lowest BCUT2D eigenvalue weighted by molar-refractivity contribution is -0.385. The number of carbonyl (C=O) groups is 2. The first-order valence-corrected chi connectivity index (χ1v) is 9.72. The number of benzene rings is 2. The minimum atomic E-state index is -2.04. The molecule has 0 unspecified atom stereocenters. The van der Waals surface area contributed by atoms with E-state index in [1.54, 1.807) is 18.2 Å². The first kappa shape index (κ1) is 20.9. The van der Waals surface area contributed by atoms with Crippen molar-refractivity contribution in [3.8, 4) is 5.75 Å². The van der Waals surface area contributed by atoms with E-state index in [1.165, 1.54) is 24.1 Å². The number of halogens is 1. The Morgan fingerprint density at radius 1 is 1.31 bits per heavy atom. The molecular weight excluding hydrogens is 444 g/mol. The molecule has 0 saturated heterocycles. The normalized spacial score (nSPS) is 17.9. The molecule has 1 amide bonds. The highest BCUT2D eigenvalue weighted by molar-refractivity contribution is 9.10. The fourth-order valence-corrected chi connectivity index (χ4v) is 3.84. The monoisotopic (exact) mass is 462 g/mol. The maximum Gasteiger partial charge on any atom is 0.311 e. The van der Waals surface area contributed by atoms with Crippen LogP contribution in [0.3, 0.4) is 0 Å². The summed E-state index contributed by atoms with van der Waals surface area (Å²) in [4.78, 5) is 37.9. The number of hydrogen-bond acceptors (Lipinski definition) is 6. The van der Waals surface area contributed by atoms with E-state index in [4.69, 9.17) is 4.74 Å². The fraction of sp³-hybridized carbons (Fsp3) is 0.300. The van der Waals surface area contributed by atoms with E-state index < -0.39 is 28.6 Å². The summed E-state index contributed by atoms with van der Waals surface area (Å²) in [5.74, 6) is -1.15. The molecule has 1 N–H and O–H groups in total. The van der Waals surface area contributed by atoms with Gasteiger partial charge >= 0.3 is 5.69 Å². The molecule has 1 aliphatic rings. The van der Waals surface area contributed by atoms with E-state index in [2.05, 4.69) is 15.9 Å². The minimum absolute atomic E-state index is 0.0178. The largest absolute Gasteiger partial charge is 0.490 e. The summed E-state index contributed by atoms with van der Waals surface area (Å²) in [5.41, 5.74) is -1.50. The third kappa shape index (κ3) is 3.63. The molecule has 1 aliphatic heterocycles. The average Bonchev–Trinajstić information content (AvgIpc) is 2.89. The van der Waals surface area contributed by atoms with Crippen LogP contribution in [0.5, 0.6) is 5.75 Å². The second kappa shape index (κ2) is 7.92. The topological polar surface area (TPSA) is 110 Å². The van der Waals surface area contributed by atoms with Crippen molar-refractivity contribution in [3.05, 3.63) is 62.1 Å². The molecule has 0 spiro atoms. The summed E-state index contributed by atoms with van der Waals surface area (Å²) < 4.78 is 5.60. The van der Waals surface area contributed by atoms with Crippen LogP contribution in [0.4, 0.5) is 11.4 Å². The first-order valence-electron chi connectivity index (χ1n) is 8.93. The van der Waals surface area contributed by atoms with Gasteiger partial charge in [0.15, 0.2) is 17.1 Å². The van der Waals surface area contributed by atoms with E-state index in [0.717, 1.165) is 6.07 Å². The molecule has 3 rings (SSSR count). The number of nitro groups is 1. The molecule has 8 nitrogen and oxygen atoms in total. The number of anilines is 1. The lowest BCUT2D eigenvalue weighted by atomic mass is 9.88. The predicted octanol–water partition coefficient (Wildman–Crippen LogP) is 3.58. The Morgan fingerprint density at radius 2 is 2.03 bits per heavy atom. The molecule has 2 aromatic carbocycles. The Morgan fingerprint density at radius 3 is 2.66 bits per heavy atom. The van der Waals surface area contributed by atoms with Gasteiger partial charge in [-0.05, 0) is 36.8 Å². The molecule has 0 aromatic heterocycles. The highest BCUT2D eigenvalue weighted by atomic mass is 79.9. The highest BCUT2D eigenvalue weighted by Gasteiger charge is 2.50. The Labute approximate surface area is 175 Å². The van der Waals surface area contributed by atoms with Crippen molar-refractivity contribution in [2.45, 2.75) is 25.4 Å². The van der Waals surface area contributed by atoms with Crippen LogP contribution in [-0.4, -0.2) is 35.4 Å². The smallest absolute Gasteiger partial charge is 0.311 e. The van der Waals surface area contributed by atoms with Crippen molar-refractivity contribution in [2.24, 2.45) is 0 Å². The summed E-state index contributed by atoms with van der Waals surface area (Å²) >= 11 is 3.33. The molecule has 0 bridgehead atoms. The molecule has 1 heterocycles. The molecule has 1 atom stereocenters. The average molecular weight is 463 g/mol. The van der Waals surface area contributed by atoms with Gasteiger partial charge in [-0.15, -0.1) is 0 Å². The Kier molecular flexibility index (Phi) is 5.72. The van der Waals surface area contributed by atoms with E-state index in [9.17, 15) is 24.8 Å². The number of amides is 1. The predicted molar refractivity (Wildman–Crippen MR) is 109 cm³/mol.